The topological polar surface area (TPSA) is 64.3 Å². The number of carbonyl (C=O) groups excluding carboxylic acids is 1. The standard InChI is InChI=1S/C9H13BrN2O2S.ClH/c1-14-6-5-7(15-8(6)10)9(13)12-4-2-3-11;/h5H,2-4,11H2,1H3,(H,12,13);1H. The van der Waals surface area contributed by atoms with Gasteiger partial charge in [-0.25, -0.2) is 0 Å². The summed E-state index contributed by atoms with van der Waals surface area (Å²) in [5, 5.41) is 2.78. The van der Waals surface area contributed by atoms with Crippen molar-refractivity contribution in [1.29, 1.82) is 0 Å². The summed E-state index contributed by atoms with van der Waals surface area (Å²) in [6, 6.07) is 1.71. The molecule has 1 aromatic heterocycles. The number of nitrogens with one attached hydrogen (secondary N) is 1. The molecule has 0 spiro atoms. The molecule has 0 saturated carbocycles. The number of methoxy groups -OCH3 is 1. The molecule has 0 fully saturated rings. The third-order valence-electron chi connectivity index (χ3n) is 1.77. The van der Waals surface area contributed by atoms with Crippen molar-refractivity contribution in [2.75, 3.05) is 20.2 Å². The van der Waals surface area contributed by atoms with Gasteiger partial charge in [-0.1, -0.05) is 0 Å². The lowest BCUT2D eigenvalue weighted by Crippen LogP contribution is -2.25. The van der Waals surface area contributed by atoms with E-state index in [1.54, 1.807) is 13.2 Å². The van der Waals surface area contributed by atoms with Gasteiger partial charge in [-0.15, -0.1) is 23.7 Å². The molecule has 0 aliphatic carbocycles. The summed E-state index contributed by atoms with van der Waals surface area (Å²) in [5.74, 6) is 0.599. The zero-order chi connectivity index (χ0) is 11.3. The molecule has 0 atom stereocenters. The normalized spacial score (nSPS) is 9.44. The van der Waals surface area contributed by atoms with Gasteiger partial charge in [0.2, 0.25) is 0 Å². The lowest BCUT2D eigenvalue weighted by molar-refractivity contribution is 0.0957. The van der Waals surface area contributed by atoms with Gasteiger partial charge in [0.15, 0.2) is 0 Å². The molecule has 0 aliphatic heterocycles. The number of hydrogen-bond donors (Lipinski definition) is 2. The number of halogens is 2. The maximum absolute atomic E-state index is 11.6. The predicted octanol–water partition coefficient (Wildman–Crippen LogP) is 2.02. The molecule has 7 heteroatoms. The van der Waals surface area contributed by atoms with Crippen molar-refractivity contribution in [2.24, 2.45) is 5.73 Å². The fourth-order valence-electron chi connectivity index (χ4n) is 0.994. The van der Waals surface area contributed by atoms with Crippen LogP contribution in [0, 0.1) is 0 Å². The highest BCUT2D eigenvalue weighted by atomic mass is 79.9. The van der Waals surface area contributed by atoms with E-state index in [2.05, 4.69) is 21.2 Å². The summed E-state index contributed by atoms with van der Waals surface area (Å²) >= 11 is 4.67. The maximum Gasteiger partial charge on any atom is 0.261 e. The average molecular weight is 330 g/mol. The first-order valence-electron chi connectivity index (χ1n) is 4.50. The van der Waals surface area contributed by atoms with Crippen LogP contribution in [-0.2, 0) is 0 Å². The Morgan fingerprint density at radius 1 is 1.69 bits per heavy atom. The van der Waals surface area contributed by atoms with Crippen LogP contribution in [0.15, 0.2) is 9.85 Å². The van der Waals surface area contributed by atoms with Crippen LogP contribution in [-0.4, -0.2) is 26.1 Å². The Labute approximate surface area is 113 Å². The highest BCUT2D eigenvalue weighted by molar-refractivity contribution is 9.11. The molecule has 92 valence electrons. The first kappa shape index (κ1) is 15.7. The van der Waals surface area contributed by atoms with Crippen LogP contribution in [0.5, 0.6) is 5.75 Å². The number of amides is 1. The van der Waals surface area contributed by atoms with Crippen molar-refractivity contribution in [3.63, 3.8) is 0 Å². The van der Waals surface area contributed by atoms with E-state index in [1.165, 1.54) is 11.3 Å². The summed E-state index contributed by atoms with van der Waals surface area (Å²) in [6.45, 7) is 1.19. The van der Waals surface area contributed by atoms with Crippen LogP contribution in [0.1, 0.15) is 16.1 Å². The van der Waals surface area contributed by atoms with E-state index >= 15 is 0 Å². The van der Waals surface area contributed by atoms with E-state index in [-0.39, 0.29) is 18.3 Å². The Bertz CT molecular complexity index is 346. The molecule has 0 radical (unpaired) electrons. The van der Waals surface area contributed by atoms with Gasteiger partial charge in [0.1, 0.15) is 9.54 Å². The second-order valence-corrected chi connectivity index (χ2v) is 5.22. The van der Waals surface area contributed by atoms with Crippen molar-refractivity contribution in [2.45, 2.75) is 6.42 Å². The van der Waals surface area contributed by atoms with Crippen LogP contribution < -0.4 is 15.8 Å². The summed E-state index contributed by atoms with van der Waals surface area (Å²) in [4.78, 5) is 12.2. The highest BCUT2D eigenvalue weighted by Gasteiger charge is 2.12. The molecule has 1 rings (SSSR count). The Kier molecular flexibility index (Phi) is 7.74. The molecule has 16 heavy (non-hydrogen) atoms. The molecule has 4 nitrogen and oxygen atoms in total. The van der Waals surface area contributed by atoms with Crippen molar-refractivity contribution in [3.05, 3.63) is 14.7 Å². The van der Waals surface area contributed by atoms with Crippen molar-refractivity contribution < 1.29 is 9.53 Å². The number of rotatable bonds is 5. The number of hydrogen-bond acceptors (Lipinski definition) is 4. The number of nitrogens with two attached hydrogens (primary N) is 1. The molecule has 0 bridgehead atoms. The first-order chi connectivity index (χ1) is 7.19. The molecule has 0 saturated heterocycles. The van der Waals surface area contributed by atoms with Crippen molar-refractivity contribution in [3.8, 4) is 5.75 Å². The minimum atomic E-state index is -0.0857. The van der Waals surface area contributed by atoms with E-state index < -0.39 is 0 Å². The monoisotopic (exact) mass is 328 g/mol. The number of ether oxygens (including phenoxy) is 1. The zero-order valence-corrected chi connectivity index (χ0v) is 12.0. The lowest BCUT2D eigenvalue weighted by atomic mass is 10.4. The van der Waals surface area contributed by atoms with Gasteiger partial charge in [-0.05, 0) is 28.9 Å². The second kappa shape index (κ2) is 7.89. The Morgan fingerprint density at radius 2 is 2.38 bits per heavy atom. The van der Waals surface area contributed by atoms with Gasteiger partial charge < -0.3 is 15.8 Å². The molecule has 0 aliphatic rings. The minimum absolute atomic E-state index is 0. The summed E-state index contributed by atoms with van der Waals surface area (Å²) in [5.41, 5.74) is 5.33. The van der Waals surface area contributed by atoms with Crippen molar-refractivity contribution >= 4 is 45.6 Å². The summed E-state index contributed by atoms with van der Waals surface area (Å²) < 4.78 is 5.89. The SMILES string of the molecule is COc1cc(C(=O)NCCCN)sc1Br.Cl. The van der Waals surface area contributed by atoms with Crippen LogP contribution in [0.25, 0.3) is 0 Å². The maximum atomic E-state index is 11.6. The van der Waals surface area contributed by atoms with Gasteiger partial charge in [0.05, 0.1) is 12.0 Å². The number of carbonyl (C=O) groups is 1. The van der Waals surface area contributed by atoms with Gasteiger partial charge in [-0.3, -0.25) is 4.79 Å². The fraction of sp³-hybridized carbons (Fsp3) is 0.444. The Morgan fingerprint density at radius 3 is 2.88 bits per heavy atom. The third-order valence-corrected chi connectivity index (χ3v) is 3.55. The van der Waals surface area contributed by atoms with E-state index in [1.807, 2.05) is 0 Å². The van der Waals surface area contributed by atoms with Gasteiger partial charge in [0, 0.05) is 12.6 Å². The fourth-order valence-corrected chi connectivity index (χ4v) is 2.56. The van der Waals surface area contributed by atoms with Gasteiger partial charge in [0.25, 0.3) is 5.91 Å². The minimum Gasteiger partial charge on any atom is -0.495 e. The first-order valence-corrected chi connectivity index (χ1v) is 6.11. The second-order valence-electron chi connectivity index (χ2n) is 2.85. The Balaban J connectivity index is 0.00000225. The van der Waals surface area contributed by atoms with Crippen LogP contribution >= 0.6 is 39.7 Å². The third kappa shape index (κ3) is 4.29. The van der Waals surface area contributed by atoms with Crippen molar-refractivity contribution in [1.82, 2.24) is 5.32 Å². The molecule has 0 unspecified atom stereocenters. The predicted molar refractivity (Wildman–Crippen MR) is 71.8 cm³/mol. The van der Waals surface area contributed by atoms with Crippen LogP contribution in [0.3, 0.4) is 0 Å². The zero-order valence-electron chi connectivity index (χ0n) is 8.79. The Hall–Kier alpha value is -0.300. The van der Waals surface area contributed by atoms with Gasteiger partial charge >= 0.3 is 0 Å². The highest BCUT2D eigenvalue weighted by Crippen LogP contribution is 2.34. The van der Waals surface area contributed by atoms with E-state index in [0.29, 0.717) is 23.7 Å². The molecule has 1 amide bonds. The van der Waals surface area contributed by atoms with Gasteiger partial charge in [-0.2, -0.15) is 0 Å². The quantitative estimate of drug-likeness (QED) is 0.812. The largest absolute Gasteiger partial charge is 0.495 e. The van der Waals surface area contributed by atoms with E-state index in [9.17, 15) is 4.79 Å². The van der Waals surface area contributed by atoms with E-state index in [4.69, 9.17) is 10.5 Å². The molecule has 3 N–H and O–H groups in total. The summed E-state index contributed by atoms with van der Waals surface area (Å²) in [6.07, 6.45) is 0.787. The smallest absolute Gasteiger partial charge is 0.261 e. The molecule has 1 aromatic rings. The number of thiophene rings is 1. The molecular weight excluding hydrogens is 316 g/mol. The van der Waals surface area contributed by atoms with Crippen LogP contribution in [0.4, 0.5) is 0 Å². The summed E-state index contributed by atoms with van der Waals surface area (Å²) in [7, 11) is 1.57. The average Bonchev–Trinajstić information content (AvgIpc) is 2.60. The molecule has 0 aromatic carbocycles. The van der Waals surface area contributed by atoms with Crippen LogP contribution in [0.2, 0.25) is 0 Å². The lowest BCUT2D eigenvalue weighted by Gasteiger charge is -2.00. The molecular formula is C9H14BrClN2O2S. The molecule has 1 heterocycles. The van der Waals surface area contributed by atoms with E-state index in [0.717, 1.165) is 10.2 Å².